The topological polar surface area (TPSA) is 41.3 Å². The Morgan fingerprint density at radius 3 is 2.53 bits per heavy atom. The number of anilines is 2. The second-order valence-electron chi connectivity index (χ2n) is 5.07. The molecule has 0 atom stereocenters. The number of hydrogen-bond acceptors (Lipinski definition) is 3. The zero-order chi connectivity index (χ0) is 12.1. The molecule has 0 saturated carbocycles. The van der Waals surface area contributed by atoms with Crippen molar-refractivity contribution >= 4 is 11.4 Å². The molecule has 1 saturated heterocycles. The van der Waals surface area contributed by atoms with Gasteiger partial charge < -0.3 is 16.0 Å². The van der Waals surface area contributed by atoms with E-state index in [0.717, 1.165) is 30.4 Å². The van der Waals surface area contributed by atoms with Crippen molar-refractivity contribution in [3.8, 4) is 0 Å². The van der Waals surface area contributed by atoms with Crippen LogP contribution in [0.5, 0.6) is 0 Å². The van der Waals surface area contributed by atoms with Crippen molar-refractivity contribution in [1.82, 2.24) is 4.90 Å². The summed E-state index contributed by atoms with van der Waals surface area (Å²) in [6.45, 7) is 7.01. The van der Waals surface area contributed by atoms with Crippen LogP contribution in [0.15, 0.2) is 24.3 Å². The van der Waals surface area contributed by atoms with E-state index in [1.807, 2.05) is 24.3 Å². The van der Waals surface area contributed by atoms with Gasteiger partial charge >= 0.3 is 0 Å². The van der Waals surface area contributed by atoms with Crippen LogP contribution < -0.4 is 11.1 Å². The minimum Gasteiger partial charge on any atom is -0.399 e. The number of benzene rings is 1. The SMILES string of the molecule is CC1CCN(CCNc2ccc(N)cc2)CC1. The zero-order valence-electron chi connectivity index (χ0n) is 10.7. The molecule has 0 spiro atoms. The quantitative estimate of drug-likeness (QED) is 0.785. The molecular formula is C14H23N3. The van der Waals surface area contributed by atoms with Gasteiger partial charge in [-0.25, -0.2) is 0 Å². The van der Waals surface area contributed by atoms with E-state index in [2.05, 4.69) is 17.1 Å². The summed E-state index contributed by atoms with van der Waals surface area (Å²) in [4.78, 5) is 2.55. The van der Waals surface area contributed by atoms with E-state index < -0.39 is 0 Å². The molecule has 3 heteroatoms. The molecule has 1 aromatic carbocycles. The minimum atomic E-state index is 0.820. The first-order chi connectivity index (χ1) is 8.24. The number of rotatable bonds is 4. The highest BCUT2D eigenvalue weighted by Gasteiger charge is 2.14. The van der Waals surface area contributed by atoms with Crippen LogP contribution in [0.1, 0.15) is 19.8 Å². The smallest absolute Gasteiger partial charge is 0.0342 e. The van der Waals surface area contributed by atoms with E-state index >= 15 is 0 Å². The Hall–Kier alpha value is -1.22. The number of nitrogen functional groups attached to an aromatic ring is 1. The normalized spacial score (nSPS) is 18.2. The van der Waals surface area contributed by atoms with Crippen LogP contribution >= 0.6 is 0 Å². The first kappa shape index (κ1) is 12.2. The van der Waals surface area contributed by atoms with E-state index in [4.69, 9.17) is 5.73 Å². The molecule has 1 aliphatic heterocycles. The fourth-order valence-electron chi connectivity index (χ4n) is 2.24. The van der Waals surface area contributed by atoms with Crippen LogP contribution in [-0.4, -0.2) is 31.1 Å². The third-order valence-electron chi connectivity index (χ3n) is 3.54. The summed E-state index contributed by atoms with van der Waals surface area (Å²) in [6, 6.07) is 7.94. The lowest BCUT2D eigenvalue weighted by Gasteiger charge is -2.30. The Balaban J connectivity index is 1.67. The average molecular weight is 233 g/mol. The number of nitrogens with two attached hydrogens (primary N) is 1. The van der Waals surface area contributed by atoms with Gasteiger partial charge in [-0.05, 0) is 56.1 Å². The Morgan fingerprint density at radius 1 is 1.24 bits per heavy atom. The van der Waals surface area contributed by atoms with E-state index in [0.29, 0.717) is 0 Å². The molecule has 1 fully saturated rings. The lowest BCUT2D eigenvalue weighted by atomic mass is 9.99. The van der Waals surface area contributed by atoms with Gasteiger partial charge in [0.25, 0.3) is 0 Å². The highest BCUT2D eigenvalue weighted by Crippen LogP contribution is 2.15. The van der Waals surface area contributed by atoms with Gasteiger partial charge in [-0.1, -0.05) is 6.92 Å². The fraction of sp³-hybridized carbons (Fsp3) is 0.571. The molecule has 0 unspecified atom stereocenters. The van der Waals surface area contributed by atoms with Crippen LogP contribution in [-0.2, 0) is 0 Å². The number of likely N-dealkylation sites (tertiary alicyclic amines) is 1. The molecular weight excluding hydrogens is 210 g/mol. The third kappa shape index (κ3) is 3.93. The highest BCUT2D eigenvalue weighted by atomic mass is 15.1. The number of nitrogens with one attached hydrogen (secondary N) is 1. The molecule has 0 bridgehead atoms. The maximum absolute atomic E-state index is 5.65. The number of nitrogens with zero attached hydrogens (tertiary/aromatic N) is 1. The summed E-state index contributed by atoms with van der Waals surface area (Å²) in [7, 11) is 0. The second-order valence-corrected chi connectivity index (χ2v) is 5.07. The first-order valence-electron chi connectivity index (χ1n) is 6.56. The summed E-state index contributed by atoms with van der Waals surface area (Å²) in [5, 5.41) is 3.43. The zero-order valence-corrected chi connectivity index (χ0v) is 10.7. The van der Waals surface area contributed by atoms with Crippen LogP contribution in [0.4, 0.5) is 11.4 Å². The molecule has 1 aliphatic rings. The Labute approximate surface area is 104 Å². The number of hydrogen-bond donors (Lipinski definition) is 2. The van der Waals surface area contributed by atoms with E-state index in [-0.39, 0.29) is 0 Å². The molecule has 17 heavy (non-hydrogen) atoms. The molecule has 1 aromatic rings. The van der Waals surface area contributed by atoms with Gasteiger partial charge in [-0.3, -0.25) is 0 Å². The summed E-state index contributed by atoms with van der Waals surface area (Å²) in [5.74, 6) is 0.913. The van der Waals surface area contributed by atoms with Crippen molar-refractivity contribution in [1.29, 1.82) is 0 Å². The Kier molecular flexibility index (Phi) is 4.26. The third-order valence-corrected chi connectivity index (χ3v) is 3.54. The van der Waals surface area contributed by atoms with Gasteiger partial charge in [0.15, 0.2) is 0 Å². The van der Waals surface area contributed by atoms with E-state index in [1.54, 1.807) is 0 Å². The molecule has 1 heterocycles. The first-order valence-corrected chi connectivity index (χ1v) is 6.56. The summed E-state index contributed by atoms with van der Waals surface area (Å²) >= 11 is 0. The Bertz CT molecular complexity index is 326. The molecule has 0 aliphatic carbocycles. The molecule has 0 aromatic heterocycles. The van der Waals surface area contributed by atoms with Gasteiger partial charge in [0, 0.05) is 24.5 Å². The van der Waals surface area contributed by atoms with Crippen molar-refractivity contribution < 1.29 is 0 Å². The Morgan fingerprint density at radius 2 is 1.88 bits per heavy atom. The van der Waals surface area contributed by atoms with Crippen LogP contribution in [0.3, 0.4) is 0 Å². The van der Waals surface area contributed by atoms with Crippen LogP contribution in [0.2, 0.25) is 0 Å². The monoisotopic (exact) mass is 233 g/mol. The van der Waals surface area contributed by atoms with Gasteiger partial charge in [0.05, 0.1) is 0 Å². The molecule has 0 radical (unpaired) electrons. The van der Waals surface area contributed by atoms with Gasteiger partial charge in [0.2, 0.25) is 0 Å². The lowest BCUT2D eigenvalue weighted by Crippen LogP contribution is -2.36. The van der Waals surface area contributed by atoms with Gasteiger partial charge in [-0.2, -0.15) is 0 Å². The van der Waals surface area contributed by atoms with Crippen molar-refractivity contribution in [3.63, 3.8) is 0 Å². The summed E-state index contributed by atoms with van der Waals surface area (Å²) < 4.78 is 0. The highest BCUT2D eigenvalue weighted by molar-refractivity contribution is 5.51. The average Bonchev–Trinajstić information content (AvgIpc) is 2.34. The molecule has 3 nitrogen and oxygen atoms in total. The molecule has 94 valence electrons. The summed E-state index contributed by atoms with van der Waals surface area (Å²) in [6.07, 6.45) is 2.70. The molecule has 2 rings (SSSR count). The van der Waals surface area contributed by atoms with Crippen LogP contribution in [0, 0.1) is 5.92 Å². The lowest BCUT2D eigenvalue weighted by molar-refractivity contribution is 0.199. The van der Waals surface area contributed by atoms with E-state index in [9.17, 15) is 0 Å². The standard InChI is InChI=1S/C14H23N3/c1-12-6-9-17(10-7-12)11-8-16-14-4-2-13(15)3-5-14/h2-5,12,16H,6-11,15H2,1H3. The minimum absolute atomic E-state index is 0.820. The maximum Gasteiger partial charge on any atom is 0.0342 e. The van der Waals surface area contributed by atoms with Crippen molar-refractivity contribution in [2.24, 2.45) is 5.92 Å². The summed E-state index contributed by atoms with van der Waals surface area (Å²) in [5.41, 5.74) is 7.63. The van der Waals surface area contributed by atoms with Crippen molar-refractivity contribution in [2.45, 2.75) is 19.8 Å². The predicted molar refractivity (Wildman–Crippen MR) is 74.2 cm³/mol. The maximum atomic E-state index is 5.65. The van der Waals surface area contributed by atoms with Crippen LogP contribution in [0.25, 0.3) is 0 Å². The van der Waals surface area contributed by atoms with Gasteiger partial charge in [-0.15, -0.1) is 0 Å². The largest absolute Gasteiger partial charge is 0.399 e. The molecule has 0 amide bonds. The van der Waals surface area contributed by atoms with Crippen molar-refractivity contribution in [2.75, 3.05) is 37.2 Å². The molecule has 3 N–H and O–H groups in total. The van der Waals surface area contributed by atoms with E-state index in [1.165, 1.54) is 25.9 Å². The van der Waals surface area contributed by atoms with Crippen molar-refractivity contribution in [3.05, 3.63) is 24.3 Å². The number of piperidine rings is 1. The van der Waals surface area contributed by atoms with Gasteiger partial charge in [0.1, 0.15) is 0 Å². The second kappa shape index (κ2) is 5.92. The predicted octanol–water partition coefficient (Wildman–Crippen LogP) is 2.41. The fourth-order valence-corrected chi connectivity index (χ4v) is 2.24.